The molecule has 0 saturated heterocycles. The minimum Gasteiger partial charge on any atom is -0.354 e. The molecule has 0 aromatic heterocycles. The van der Waals surface area contributed by atoms with Gasteiger partial charge in [-0.15, -0.1) is 0 Å². The molecular weight excluding hydrogens is 718 g/mol. The molecule has 0 aliphatic heterocycles. The Morgan fingerprint density at radius 3 is 2.16 bits per heavy atom. The van der Waals surface area contributed by atoms with Gasteiger partial charge in [-0.2, -0.15) is 0 Å². The molecule has 4 rings (SSSR count). The molecule has 0 radical (unpaired) electrons. The fourth-order valence-electron chi connectivity index (χ4n) is 4.84. The molecule has 4 aromatic carbocycles. The fraction of sp³-hybridized carbons (Fsp3) is 0.257. The molecule has 0 spiro atoms. The highest BCUT2D eigenvalue weighted by Gasteiger charge is 2.34. The predicted molar refractivity (Wildman–Crippen MR) is 186 cm³/mol. The standard InChI is InChI=1S/C35H37Br2N3O4S/c1-3-4-21-38-35(42)33(22-27-9-6-5-7-10-27)39(24-28-15-17-29(36)18-16-28)34(41)25-40(31-12-8-11-30(37)23-31)45(43,44)32-19-13-26(2)14-20-32/h5-20,23,33H,3-4,21-22,24-25H2,1-2H3,(H,38,42)/t33-/m1/s1. The monoisotopic (exact) mass is 753 g/mol. The number of anilines is 1. The van der Waals surface area contributed by atoms with Crippen molar-refractivity contribution in [3.8, 4) is 0 Å². The number of nitrogens with one attached hydrogen (secondary N) is 1. The van der Waals surface area contributed by atoms with Crippen molar-refractivity contribution in [3.05, 3.63) is 129 Å². The van der Waals surface area contributed by atoms with E-state index in [0.717, 1.165) is 38.3 Å². The lowest BCUT2D eigenvalue weighted by molar-refractivity contribution is -0.140. The number of carbonyl (C=O) groups excluding carboxylic acids is 2. The number of hydrogen-bond donors (Lipinski definition) is 1. The number of sulfonamides is 1. The highest BCUT2D eigenvalue weighted by molar-refractivity contribution is 9.10. The number of hydrogen-bond acceptors (Lipinski definition) is 4. The van der Waals surface area contributed by atoms with Crippen molar-refractivity contribution in [2.24, 2.45) is 0 Å². The first-order chi connectivity index (χ1) is 21.6. The van der Waals surface area contributed by atoms with Crippen molar-refractivity contribution in [1.29, 1.82) is 0 Å². The maximum atomic E-state index is 14.5. The van der Waals surface area contributed by atoms with Crippen molar-refractivity contribution in [2.75, 3.05) is 17.4 Å². The molecule has 10 heteroatoms. The SMILES string of the molecule is CCCCNC(=O)[C@@H](Cc1ccccc1)N(Cc1ccc(Br)cc1)C(=O)CN(c1cccc(Br)c1)S(=O)(=O)c1ccc(C)cc1. The molecule has 0 aliphatic rings. The summed E-state index contributed by atoms with van der Waals surface area (Å²) in [5, 5.41) is 3.01. The first-order valence-corrected chi connectivity index (χ1v) is 17.8. The Labute approximate surface area is 283 Å². The molecule has 45 heavy (non-hydrogen) atoms. The van der Waals surface area contributed by atoms with E-state index in [1.807, 2.05) is 68.4 Å². The van der Waals surface area contributed by atoms with Crippen molar-refractivity contribution in [1.82, 2.24) is 10.2 Å². The second kappa shape index (κ2) is 16.2. The summed E-state index contributed by atoms with van der Waals surface area (Å²) in [4.78, 5) is 29.9. The van der Waals surface area contributed by atoms with E-state index in [1.165, 1.54) is 4.90 Å². The number of rotatable bonds is 14. The third-order valence-electron chi connectivity index (χ3n) is 7.35. The summed E-state index contributed by atoms with van der Waals surface area (Å²) in [7, 11) is -4.16. The Morgan fingerprint density at radius 1 is 0.822 bits per heavy atom. The van der Waals surface area contributed by atoms with Gasteiger partial charge in [-0.05, 0) is 66.9 Å². The Hall–Kier alpha value is -3.47. The topological polar surface area (TPSA) is 86.8 Å². The maximum Gasteiger partial charge on any atom is 0.264 e. The van der Waals surface area contributed by atoms with Gasteiger partial charge in [0.15, 0.2) is 0 Å². The average molecular weight is 756 g/mol. The van der Waals surface area contributed by atoms with E-state index >= 15 is 0 Å². The molecule has 0 fully saturated rings. The van der Waals surface area contributed by atoms with Crippen molar-refractivity contribution in [2.45, 2.75) is 50.6 Å². The quantitative estimate of drug-likeness (QED) is 0.137. The number of aryl methyl sites for hydroxylation is 1. The van der Waals surface area contributed by atoms with Crippen LogP contribution in [-0.2, 0) is 32.6 Å². The first kappa shape index (κ1) is 34.4. The second-order valence-electron chi connectivity index (χ2n) is 10.8. The van der Waals surface area contributed by atoms with Crippen LogP contribution >= 0.6 is 31.9 Å². The van der Waals surface area contributed by atoms with Gasteiger partial charge in [0, 0.05) is 28.5 Å². The number of nitrogens with zero attached hydrogens (tertiary/aromatic N) is 2. The summed E-state index contributed by atoms with van der Waals surface area (Å²) in [6.07, 6.45) is 1.97. The van der Waals surface area contributed by atoms with Crippen LogP contribution < -0.4 is 9.62 Å². The van der Waals surface area contributed by atoms with Crippen LogP contribution in [-0.4, -0.2) is 44.3 Å². The molecule has 0 unspecified atom stereocenters. The van der Waals surface area contributed by atoms with E-state index in [-0.39, 0.29) is 23.8 Å². The van der Waals surface area contributed by atoms with Crippen molar-refractivity contribution < 1.29 is 18.0 Å². The minimum absolute atomic E-state index is 0.0680. The van der Waals surface area contributed by atoms with Crippen molar-refractivity contribution in [3.63, 3.8) is 0 Å². The van der Waals surface area contributed by atoms with E-state index in [9.17, 15) is 18.0 Å². The molecule has 0 saturated carbocycles. The van der Waals surface area contributed by atoms with Crippen LogP contribution in [0.2, 0.25) is 0 Å². The number of unbranched alkanes of at least 4 members (excludes halogenated alkanes) is 1. The highest BCUT2D eigenvalue weighted by atomic mass is 79.9. The zero-order valence-electron chi connectivity index (χ0n) is 25.3. The van der Waals surface area contributed by atoms with Gasteiger partial charge in [-0.3, -0.25) is 13.9 Å². The molecule has 0 aliphatic carbocycles. The summed E-state index contributed by atoms with van der Waals surface area (Å²) in [5.41, 5.74) is 2.94. The first-order valence-electron chi connectivity index (χ1n) is 14.8. The summed E-state index contributed by atoms with van der Waals surface area (Å²) >= 11 is 6.91. The Bertz CT molecular complexity index is 1680. The van der Waals surface area contributed by atoms with Gasteiger partial charge in [-0.25, -0.2) is 8.42 Å². The third kappa shape index (κ3) is 9.51. The lowest BCUT2D eigenvalue weighted by Crippen LogP contribution is -2.53. The van der Waals surface area contributed by atoms with E-state index in [0.29, 0.717) is 16.7 Å². The average Bonchev–Trinajstić information content (AvgIpc) is 3.03. The highest BCUT2D eigenvalue weighted by Crippen LogP contribution is 2.27. The predicted octanol–water partition coefficient (Wildman–Crippen LogP) is 7.27. The number of halogens is 2. The van der Waals surface area contributed by atoms with E-state index in [2.05, 4.69) is 37.2 Å². The second-order valence-corrected chi connectivity index (χ2v) is 14.5. The number of carbonyl (C=O) groups is 2. The van der Waals surface area contributed by atoms with E-state index < -0.39 is 28.5 Å². The number of benzene rings is 4. The molecular formula is C35H37Br2N3O4S. The normalized spacial score (nSPS) is 11.9. The van der Waals surface area contributed by atoms with Crippen LogP contribution in [0.3, 0.4) is 0 Å². The summed E-state index contributed by atoms with van der Waals surface area (Å²) in [5.74, 6) is -0.784. The zero-order chi connectivity index (χ0) is 32.4. The third-order valence-corrected chi connectivity index (χ3v) is 10.2. The zero-order valence-corrected chi connectivity index (χ0v) is 29.3. The van der Waals surface area contributed by atoms with Gasteiger partial charge in [0.1, 0.15) is 12.6 Å². The van der Waals surface area contributed by atoms with Crippen LogP contribution in [0.1, 0.15) is 36.5 Å². The smallest absolute Gasteiger partial charge is 0.264 e. The molecule has 0 bridgehead atoms. The lowest BCUT2D eigenvalue weighted by atomic mass is 10.0. The van der Waals surface area contributed by atoms with Gasteiger partial charge in [0.2, 0.25) is 11.8 Å². The molecule has 7 nitrogen and oxygen atoms in total. The van der Waals surface area contributed by atoms with Crippen LogP contribution in [0.25, 0.3) is 0 Å². The largest absolute Gasteiger partial charge is 0.354 e. The lowest BCUT2D eigenvalue weighted by Gasteiger charge is -2.34. The summed E-state index contributed by atoms with van der Waals surface area (Å²) in [6.45, 7) is 4.01. The van der Waals surface area contributed by atoms with Gasteiger partial charge in [0.05, 0.1) is 10.6 Å². The van der Waals surface area contributed by atoms with Crippen LogP contribution in [0.4, 0.5) is 5.69 Å². The molecule has 1 N–H and O–H groups in total. The van der Waals surface area contributed by atoms with Gasteiger partial charge in [0.25, 0.3) is 10.0 Å². The van der Waals surface area contributed by atoms with E-state index in [4.69, 9.17) is 0 Å². The summed E-state index contributed by atoms with van der Waals surface area (Å²) < 4.78 is 30.9. The Morgan fingerprint density at radius 2 is 1.51 bits per heavy atom. The Balaban J connectivity index is 1.78. The molecule has 2 amide bonds. The van der Waals surface area contributed by atoms with Crippen molar-refractivity contribution >= 4 is 59.4 Å². The van der Waals surface area contributed by atoms with Crippen LogP contribution in [0.5, 0.6) is 0 Å². The molecule has 0 heterocycles. The number of amides is 2. The molecule has 1 atom stereocenters. The fourth-order valence-corrected chi connectivity index (χ4v) is 6.90. The Kier molecular flexibility index (Phi) is 12.4. The van der Waals surface area contributed by atoms with Crippen LogP contribution in [0.15, 0.2) is 117 Å². The van der Waals surface area contributed by atoms with Crippen LogP contribution in [0, 0.1) is 6.92 Å². The molecule has 236 valence electrons. The van der Waals surface area contributed by atoms with Gasteiger partial charge >= 0.3 is 0 Å². The molecule has 4 aromatic rings. The van der Waals surface area contributed by atoms with Gasteiger partial charge < -0.3 is 10.2 Å². The minimum atomic E-state index is -4.16. The van der Waals surface area contributed by atoms with E-state index in [1.54, 1.807) is 48.5 Å². The van der Waals surface area contributed by atoms with Gasteiger partial charge in [-0.1, -0.05) is 111 Å². The summed E-state index contributed by atoms with van der Waals surface area (Å²) in [6, 6.07) is 29.5. The maximum absolute atomic E-state index is 14.5.